The number of rotatable bonds is 4. The Bertz CT molecular complexity index is 619. The van der Waals surface area contributed by atoms with E-state index in [1.54, 1.807) is 7.11 Å². The molecule has 2 rings (SSSR count). The Morgan fingerprint density at radius 1 is 1.42 bits per heavy atom. The zero-order valence-corrected chi connectivity index (χ0v) is 12.0. The summed E-state index contributed by atoms with van der Waals surface area (Å²) in [6.45, 7) is 4.51. The molecule has 2 N–H and O–H groups in total. The number of carbonyl (C=O) groups excluding carboxylic acids is 1. The lowest BCUT2D eigenvalue weighted by atomic mass is 10.1. The number of hydrogen-bond acceptors (Lipinski definition) is 2. The molecular formula is C14H17ClN2O2. The molecule has 2 aromatic rings. The number of carbonyl (C=O) groups is 1. The lowest BCUT2D eigenvalue weighted by molar-refractivity contribution is -0.118. The zero-order valence-electron chi connectivity index (χ0n) is 11.3. The van der Waals surface area contributed by atoms with Gasteiger partial charge >= 0.3 is 0 Å². The van der Waals surface area contributed by atoms with Crippen molar-refractivity contribution in [1.29, 1.82) is 0 Å². The lowest BCUT2D eigenvalue weighted by Crippen LogP contribution is -2.23. The highest BCUT2D eigenvalue weighted by Gasteiger charge is 2.13. The van der Waals surface area contributed by atoms with Gasteiger partial charge in [0, 0.05) is 23.2 Å². The second-order valence-electron chi connectivity index (χ2n) is 4.47. The van der Waals surface area contributed by atoms with Crippen molar-refractivity contribution in [3.8, 4) is 5.75 Å². The van der Waals surface area contributed by atoms with Gasteiger partial charge in [0.25, 0.3) is 0 Å². The number of fused-ring (bicyclic) bond motifs is 1. The summed E-state index contributed by atoms with van der Waals surface area (Å²) >= 11 is 5.46. The van der Waals surface area contributed by atoms with Gasteiger partial charge in [-0.1, -0.05) is 12.1 Å². The summed E-state index contributed by atoms with van der Waals surface area (Å²) in [7, 11) is 1.63. The van der Waals surface area contributed by atoms with Crippen LogP contribution >= 0.6 is 11.6 Å². The van der Waals surface area contributed by atoms with Gasteiger partial charge in [0.05, 0.1) is 12.6 Å². The molecule has 0 aliphatic rings. The van der Waals surface area contributed by atoms with E-state index >= 15 is 0 Å². The highest BCUT2D eigenvalue weighted by Crippen LogP contribution is 2.32. The van der Waals surface area contributed by atoms with E-state index in [4.69, 9.17) is 16.3 Å². The zero-order chi connectivity index (χ0) is 14.0. The number of hydrogen-bond donors (Lipinski definition) is 2. The third-order valence-electron chi connectivity index (χ3n) is 3.32. The molecule has 0 saturated carbocycles. The van der Waals surface area contributed by atoms with Crippen LogP contribution in [0.3, 0.4) is 0 Å². The molecule has 0 bridgehead atoms. The molecular weight excluding hydrogens is 264 g/mol. The van der Waals surface area contributed by atoms with Gasteiger partial charge in [-0.3, -0.25) is 4.79 Å². The first kappa shape index (κ1) is 13.7. The Hall–Kier alpha value is -1.68. The largest absolute Gasteiger partial charge is 0.494 e. The number of H-pyrrole nitrogens is 1. The Balaban J connectivity index is 2.42. The molecule has 0 radical (unpaired) electrons. The molecule has 0 aliphatic heterocycles. The monoisotopic (exact) mass is 280 g/mol. The maximum absolute atomic E-state index is 11.2. The topological polar surface area (TPSA) is 54.1 Å². The molecule has 0 saturated heterocycles. The Labute approximate surface area is 117 Å². The van der Waals surface area contributed by atoms with Crippen molar-refractivity contribution in [2.24, 2.45) is 0 Å². The molecule has 102 valence electrons. The molecule has 4 nitrogen and oxygen atoms in total. The number of halogens is 1. The summed E-state index contributed by atoms with van der Waals surface area (Å²) in [5.41, 5.74) is 4.23. The molecule has 1 aromatic heterocycles. The Morgan fingerprint density at radius 2 is 2.16 bits per heavy atom. The summed E-state index contributed by atoms with van der Waals surface area (Å²) in [4.78, 5) is 14.5. The van der Waals surface area contributed by atoms with Crippen LogP contribution in [-0.4, -0.2) is 23.9 Å². The number of nitrogens with one attached hydrogen (secondary N) is 2. The molecule has 0 atom stereocenters. The van der Waals surface area contributed by atoms with E-state index in [1.165, 1.54) is 5.56 Å². The van der Waals surface area contributed by atoms with Crippen LogP contribution < -0.4 is 10.1 Å². The molecule has 1 heterocycles. The second-order valence-corrected chi connectivity index (χ2v) is 4.73. The predicted molar refractivity (Wildman–Crippen MR) is 76.9 cm³/mol. The summed E-state index contributed by atoms with van der Waals surface area (Å²) in [6.07, 6.45) is 0. The van der Waals surface area contributed by atoms with Crippen LogP contribution in [0.25, 0.3) is 10.9 Å². The van der Waals surface area contributed by atoms with Crippen molar-refractivity contribution in [1.82, 2.24) is 10.3 Å². The minimum atomic E-state index is -0.192. The number of aryl methyl sites for hydroxylation is 2. The van der Waals surface area contributed by atoms with Gasteiger partial charge in [-0.15, -0.1) is 11.6 Å². The molecule has 0 fully saturated rings. The molecule has 19 heavy (non-hydrogen) atoms. The van der Waals surface area contributed by atoms with Crippen LogP contribution in [0.2, 0.25) is 0 Å². The highest BCUT2D eigenvalue weighted by atomic mass is 35.5. The molecule has 0 unspecified atom stereocenters. The van der Waals surface area contributed by atoms with E-state index in [9.17, 15) is 4.79 Å². The van der Waals surface area contributed by atoms with E-state index in [1.807, 2.05) is 19.1 Å². The van der Waals surface area contributed by atoms with Gasteiger partial charge in [-0.05, 0) is 19.4 Å². The van der Waals surface area contributed by atoms with Crippen molar-refractivity contribution in [2.75, 3.05) is 13.0 Å². The third kappa shape index (κ3) is 2.54. The average Bonchev–Trinajstić information content (AvgIpc) is 2.71. The highest BCUT2D eigenvalue weighted by molar-refractivity contribution is 6.27. The number of alkyl halides is 1. The fourth-order valence-electron chi connectivity index (χ4n) is 2.16. The average molecular weight is 281 g/mol. The fourth-order valence-corrected chi connectivity index (χ4v) is 2.25. The molecule has 1 aromatic carbocycles. The van der Waals surface area contributed by atoms with Crippen LogP contribution in [-0.2, 0) is 11.3 Å². The Kier molecular flexibility index (Phi) is 4.00. The molecule has 0 aliphatic carbocycles. The number of methoxy groups -OCH3 is 1. The SMILES string of the molecule is COc1c(CNC(=O)CCl)ccc2c(C)c(C)[nH]c12. The number of benzene rings is 1. The Morgan fingerprint density at radius 3 is 2.79 bits per heavy atom. The lowest BCUT2D eigenvalue weighted by Gasteiger charge is -2.10. The van der Waals surface area contributed by atoms with Crippen LogP contribution in [0.5, 0.6) is 5.75 Å². The first-order valence-electron chi connectivity index (χ1n) is 6.06. The first-order valence-corrected chi connectivity index (χ1v) is 6.59. The van der Waals surface area contributed by atoms with E-state index < -0.39 is 0 Å². The predicted octanol–water partition coefficient (Wildman–Crippen LogP) is 2.65. The van der Waals surface area contributed by atoms with Gasteiger partial charge in [0.15, 0.2) is 0 Å². The normalized spacial score (nSPS) is 10.7. The first-order chi connectivity index (χ1) is 9.08. The van der Waals surface area contributed by atoms with E-state index in [-0.39, 0.29) is 11.8 Å². The van der Waals surface area contributed by atoms with Crippen LogP contribution in [0.15, 0.2) is 12.1 Å². The van der Waals surface area contributed by atoms with Gasteiger partial charge in [-0.25, -0.2) is 0 Å². The van der Waals surface area contributed by atoms with Crippen LogP contribution in [0, 0.1) is 13.8 Å². The van der Waals surface area contributed by atoms with E-state index in [0.29, 0.717) is 6.54 Å². The van der Waals surface area contributed by atoms with Gasteiger partial charge in [0.2, 0.25) is 5.91 Å². The smallest absolute Gasteiger partial charge is 0.235 e. The molecule has 0 spiro atoms. The minimum absolute atomic E-state index is 0.0364. The van der Waals surface area contributed by atoms with E-state index in [2.05, 4.69) is 17.2 Å². The van der Waals surface area contributed by atoms with Crippen molar-refractivity contribution in [3.05, 3.63) is 29.0 Å². The van der Waals surface area contributed by atoms with Crippen molar-refractivity contribution >= 4 is 28.4 Å². The van der Waals surface area contributed by atoms with Crippen molar-refractivity contribution in [3.63, 3.8) is 0 Å². The summed E-state index contributed by atoms with van der Waals surface area (Å²) in [6, 6.07) is 4.01. The summed E-state index contributed by atoms with van der Waals surface area (Å²) in [5, 5.41) is 3.89. The number of amides is 1. The van der Waals surface area contributed by atoms with Gasteiger partial charge < -0.3 is 15.0 Å². The maximum atomic E-state index is 11.2. The summed E-state index contributed by atoms with van der Waals surface area (Å²) < 4.78 is 5.48. The van der Waals surface area contributed by atoms with Crippen LogP contribution in [0.1, 0.15) is 16.8 Å². The summed E-state index contributed by atoms with van der Waals surface area (Å²) in [5.74, 6) is 0.539. The fraction of sp³-hybridized carbons (Fsp3) is 0.357. The third-order valence-corrected chi connectivity index (χ3v) is 3.56. The minimum Gasteiger partial charge on any atom is -0.494 e. The van der Waals surface area contributed by atoms with Crippen LogP contribution in [0.4, 0.5) is 0 Å². The van der Waals surface area contributed by atoms with Gasteiger partial charge in [-0.2, -0.15) is 0 Å². The van der Waals surface area contributed by atoms with Gasteiger partial charge in [0.1, 0.15) is 11.6 Å². The number of ether oxygens (including phenoxy) is 1. The second kappa shape index (κ2) is 5.53. The number of aromatic amines is 1. The molecule has 5 heteroatoms. The van der Waals surface area contributed by atoms with Crippen molar-refractivity contribution < 1.29 is 9.53 Å². The standard InChI is InChI=1S/C14H17ClN2O2/c1-8-9(2)17-13-11(8)5-4-10(14(13)19-3)7-16-12(18)6-15/h4-5,17H,6-7H2,1-3H3,(H,16,18). The molecule has 1 amide bonds. The number of aromatic nitrogens is 1. The quantitative estimate of drug-likeness (QED) is 0.846. The van der Waals surface area contributed by atoms with Crippen molar-refractivity contribution in [2.45, 2.75) is 20.4 Å². The van der Waals surface area contributed by atoms with E-state index in [0.717, 1.165) is 27.9 Å². The maximum Gasteiger partial charge on any atom is 0.235 e.